The molecule has 1 saturated carbocycles. The fraction of sp³-hybridized carbons (Fsp3) is 0.333. The lowest BCUT2D eigenvalue weighted by Gasteiger charge is -2.33. The number of ether oxygens (including phenoxy) is 1. The van der Waals surface area contributed by atoms with E-state index < -0.39 is 11.9 Å². The SMILES string of the molecule is O=C(NC1CCCCC1NC(=O)c1c(C(=O)O)[nH]c2ccc(Cl)cc12)c1ccc(N2CCOCC2=O)cc1. The second-order valence-corrected chi connectivity index (χ2v) is 9.90. The van der Waals surface area contributed by atoms with Crippen molar-refractivity contribution in [2.24, 2.45) is 0 Å². The number of benzene rings is 2. The molecule has 38 heavy (non-hydrogen) atoms. The van der Waals surface area contributed by atoms with Gasteiger partial charge >= 0.3 is 5.97 Å². The van der Waals surface area contributed by atoms with E-state index in [0.29, 0.717) is 53.2 Å². The van der Waals surface area contributed by atoms with E-state index in [0.717, 1.165) is 12.8 Å². The Morgan fingerprint density at radius 1 is 1.00 bits per heavy atom. The number of morpholine rings is 1. The summed E-state index contributed by atoms with van der Waals surface area (Å²) in [5, 5.41) is 16.5. The summed E-state index contributed by atoms with van der Waals surface area (Å²) in [6.07, 6.45) is 3.06. The number of carbonyl (C=O) groups excluding carboxylic acids is 3. The zero-order valence-electron chi connectivity index (χ0n) is 20.5. The third-order valence-electron chi connectivity index (χ3n) is 7.03. The summed E-state index contributed by atoms with van der Waals surface area (Å²) >= 11 is 6.11. The lowest BCUT2D eigenvalue weighted by Crippen LogP contribution is -2.53. The van der Waals surface area contributed by atoms with Crippen LogP contribution in [-0.4, -0.2) is 65.6 Å². The highest BCUT2D eigenvalue weighted by Crippen LogP contribution is 2.27. The van der Waals surface area contributed by atoms with Gasteiger partial charge in [0.05, 0.1) is 12.2 Å². The monoisotopic (exact) mass is 538 g/mol. The number of hydrogen-bond donors (Lipinski definition) is 4. The summed E-state index contributed by atoms with van der Waals surface area (Å²) in [6, 6.07) is 10.9. The Bertz CT molecular complexity index is 1400. The Morgan fingerprint density at radius 2 is 1.68 bits per heavy atom. The molecule has 1 aromatic heterocycles. The highest BCUT2D eigenvalue weighted by Gasteiger charge is 2.31. The quantitative estimate of drug-likeness (QED) is 0.379. The number of aromatic amines is 1. The third kappa shape index (κ3) is 5.23. The average molecular weight is 539 g/mol. The number of fused-ring (bicyclic) bond motifs is 1. The van der Waals surface area contributed by atoms with Crippen LogP contribution in [0.2, 0.25) is 5.02 Å². The van der Waals surface area contributed by atoms with Gasteiger partial charge in [-0.05, 0) is 55.3 Å². The molecule has 0 bridgehead atoms. The predicted molar refractivity (Wildman–Crippen MR) is 141 cm³/mol. The Morgan fingerprint density at radius 3 is 2.34 bits per heavy atom. The predicted octanol–water partition coefficient (Wildman–Crippen LogP) is 3.35. The molecule has 2 unspecified atom stereocenters. The van der Waals surface area contributed by atoms with Crippen molar-refractivity contribution in [1.82, 2.24) is 15.6 Å². The van der Waals surface area contributed by atoms with E-state index in [2.05, 4.69) is 15.6 Å². The second-order valence-electron chi connectivity index (χ2n) is 9.46. The van der Waals surface area contributed by atoms with Gasteiger partial charge in [-0.25, -0.2) is 4.79 Å². The molecule has 0 radical (unpaired) electrons. The molecule has 2 aliphatic rings. The molecule has 1 saturated heterocycles. The number of aromatic nitrogens is 1. The Labute approximate surface area is 223 Å². The first-order chi connectivity index (χ1) is 18.3. The maximum atomic E-state index is 13.3. The van der Waals surface area contributed by atoms with Crippen LogP contribution in [0.4, 0.5) is 5.69 Å². The standard InChI is InChI=1S/C27H27ClN4O6/c28-16-7-10-19-18(13-16)23(24(29-19)27(36)37)26(35)31-21-4-2-1-3-20(21)30-25(34)15-5-8-17(9-6-15)32-11-12-38-14-22(32)33/h5-10,13,20-21,29H,1-4,11-12,14H2,(H,30,34)(H,31,35)(H,36,37). The molecule has 2 fully saturated rings. The van der Waals surface area contributed by atoms with Gasteiger partial charge in [0.25, 0.3) is 17.7 Å². The number of carbonyl (C=O) groups is 4. The molecule has 4 N–H and O–H groups in total. The second kappa shape index (κ2) is 10.8. The molecule has 0 spiro atoms. The number of halogens is 1. The number of nitrogens with one attached hydrogen (secondary N) is 3. The fourth-order valence-electron chi connectivity index (χ4n) is 5.11. The first kappa shape index (κ1) is 25.7. The molecule has 10 nitrogen and oxygen atoms in total. The zero-order valence-corrected chi connectivity index (χ0v) is 21.2. The molecular weight excluding hydrogens is 512 g/mol. The van der Waals surface area contributed by atoms with Crippen LogP contribution >= 0.6 is 11.6 Å². The van der Waals surface area contributed by atoms with Crippen molar-refractivity contribution in [3.63, 3.8) is 0 Å². The smallest absolute Gasteiger partial charge is 0.353 e. The topological polar surface area (TPSA) is 141 Å². The molecule has 2 atom stereocenters. The number of hydrogen-bond acceptors (Lipinski definition) is 5. The number of H-pyrrole nitrogens is 1. The van der Waals surface area contributed by atoms with E-state index in [4.69, 9.17) is 16.3 Å². The van der Waals surface area contributed by atoms with Gasteiger partial charge in [0.1, 0.15) is 12.3 Å². The first-order valence-electron chi connectivity index (χ1n) is 12.5. The molecule has 11 heteroatoms. The maximum absolute atomic E-state index is 13.3. The van der Waals surface area contributed by atoms with Gasteiger partial charge in [0, 0.05) is 45.8 Å². The van der Waals surface area contributed by atoms with Crippen LogP contribution < -0.4 is 15.5 Å². The molecule has 3 amide bonds. The van der Waals surface area contributed by atoms with Gasteiger partial charge < -0.3 is 30.4 Å². The van der Waals surface area contributed by atoms with Crippen LogP contribution in [-0.2, 0) is 9.53 Å². The summed E-state index contributed by atoms with van der Waals surface area (Å²) in [7, 11) is 0. The van der Waals surface area contributed by atoms with Crippen molar-refractivity contribution >= 4 is 51.9 Å². The number of rotatable bonds is 6. The molecule has 5 rings (SSSR count). The summed E-state index contributed by atoms with van der Waals surface area (Å²) in [5.74, 6) is -2.21. The fourth-order valence-corrected chi connectivity index (χ4v) is 5.28. The molecule has 3 aromatic rings. The minimum Gasteiger partial charge on any atom is -0.477 e. The van der Waals surface area contributed by atoms with Crippen LogP contribution in [0.1, 0.15) is 56.9 Å². The summed E-state index contributed by atoms with van der Waals surface area (Å²) in [5.41, 5.74) is 1.43. The average Bonchev–Trinajstić information content (AvgIpc) is 3.29. The van der Waals surface area contributed by atoms with Crippen molar-refractivity contribution in [2.45, 2.75) is 37.8 Å². The Kier molecular flexibility index (Phi) is 7.35. The Hall–Kier alpha value is -3.89. The minimum absolute atomic E-state index is 0.0129. The van der Waals surface area contributed by atoms with Gasteiger partial charge in [-0.15, -0.1) is 0 Å². The van der Waals surface area contributed by atoms with Gasteiger partial charge in [0.15, 0.2) is 0 Å². The molecule has 1 aliphatic carbocycles. The molecule has 2 aromatic carbocycles. The summed E-state index contributed by atoms with van der Waals surface area (Å²) in [4.78, 5) is 54.8. The number of nitrogens with zero attached hydrogens (tertiary/aromatic N) is 1. The summed E-state index contributed by atoms with van der Waals surface area (Å²) in [6.45, 7) is 0.957. The number of amides is 3. The van der Waals surface area contributed by atoms with Crippen molar-refractivity contribution < 1.29 is 29.0 Å². The van der Waals surface area contributed by atoms with Crippen LogP contribution in [0.3, 0.4) is 0 Å². The van der Waals surface area contributed by atoms with E-state index in [1.165, 1.54) is 0 Å². The van der Waals surface area contributed by atoms with Gasteiger partial charge in [-0.2, -0.15) is 0 Å². The van der Waals surface area contributed by atoms with E-state index in [9.17, 15) is 24.3 Å². The Balaban J connectivity index is 1.30. The number of aromatic carboxylic acids is 1. The zero-order chi connectivity index (χ0) is 26.8. The maximum Gasteiger partial charge on any atom is 0.353 e. The van der Waals surface area contributed by atoms with Crippen LogP contribution in [0.25, 0.3) is 10.9 Å². The van der Waals surface area contributed by atoms with Crippen molar-refractivity contribution in [3.8, 4) is 0 Å². The van der Waals surface area contributed by atoms with Crippen molar-refractivity contribution in [1.29, 1.82) is 0 Å². The third-order valence-corrected chi connectivity index (χ3v) is 7.26. The molecule has 2 heterocycles. The van der Waals surface area contributed by atoms with E-state index >= 15 is 0 Å². The lowest BCUT2D eigenvalue weighted by molar-refractivity contribution is -0.125. The van der Waals surface area contributed by atoms with E-state index in [1.807, 2.05) is 0 Å². The van der Waals surface area contributed by atoms with E-state index in [-0.39, 0.29) is 41.8 Å². The molecule has 1 aliphatic heterocycles. The number of anilines is 1. The van der Waals surface area contributed by atoms with Crippen LogP contribution in [0.15, 0.2) is 42.5 Å². The number of carboxylic acid groups (broad SMARTS) is 1. The van der Waals surface area contributed by atoms with Gasteiger partial charge in [0.2, 0.25) is 0 Å². The summed E-state index contributed by atoms with van der Waals surface area (Å²) < 4.78 is 5.16. The van der Waals surface area contributed by atoms with Crippen LogP contribution in [0, 0.1) is 0 Å². The van der Waals surface area contributed by atoms with Gasteiger partial charge in [-0.3, -0.25) is 14.4 Å². The minimum atomic E-state index is -1.25. The van der Waals surface area contributed by atoms with Gasteiger partial charge in [-0.1, -0.05) is 24.4 Å². The highest BCUT2D eigenvalue weighted by molar-refractivity contribution is 6.31. The largest absolute Gasteiger partial charge is 0.477 e. The van der Waals surface area contributed by atoms with Crippen LogP contribution in [0.5, 0.6) is 0 Å². The first-order valence-corrected chi connectivity index (χ1v) is 12.8. The lowest BCUT2D eigenvalue weighted by atomic mass is 9.89. The molecular formula is C27H27ClN4O6. The van der Waals surface area contributed by atoms with Crippen molar-refractivity contribution in [3.05, 3.63) is 64.3 Å². The van der Waals surface area contributed by atoms with Crippen molar-refractivity contribution in [2.75, 3.05) is 24.7 Å². The molecule has 198 valence electrons. The normalized spacial score (nSPS) is 19.8. The van der Waals surface area contributed by atoms with E-state index in [1.54, 1.807) is 47.4 Å². The number of carboxylic acids is 1. The highest BCUT2D eigenvalue weighted by atomic mass is 35.5.